The number of para-hydroxylation sites is 2. The van der Waals surface area contributed by atoms with Crippen LogP contribution in [0.2, 0.25) is 0 Å². The van der Waals surface area contributed by atoms with Gasteiger partial charge in [-0.1, -0.05) is 18.2 Å². The molecule has 0 saturated carbocycles. The number of nitrogens with zero attached hydrogens (tertiary/aromatic N) is 3. The van der Waals surface area contributed by atoms with Crippen LogP contribution in [0.25, 0.3) is 21.6 Å². The van der Waals surface area contributed by atoms with Crippen LogP contribution in [0.3, 0.4) is 0 Å². The molecule has 4 rings (SSSR count). The molecule has 0 spiro atoms. The minimum absolute atomic E-state index is 0.243. The Hall–Kier alpha value is -3.12. The van der Waals surface area contributed by atoms with Crippen LogP contribution < -0.4 is 5.32 Å². The van der Waals surface area contributed by atoms with Crippen LogP contribution in [0.5, 0.6) is 0 Å². The van der Waals surface area contributed by atoms with Gasteiger partial charge in [-0.15, -0.1) is 11.3 Å². The number of benzene rings is 1. The Morgan fingerprint density at radius 1 is 1.04 bits per heavy atom. The third-order valence-corrected chi connectivity index (χ3v) is 4.62. The highest BCUT2D eigenvalue weighted by Gasteiger charge is 2.09. The summed E-state index contributed by atoms with van der Waals surface area (Å²) in [5.74, 6) is -0.243. The lowest BCUT2D eigenvalue weighted by Gasteiger charge is -2.06. The number of thiophene rings is 1. The van der Waals surface area contributed by atoms with Crippen LogP contribution in [0, 0.1) is 0 Å². The first kappa shape index (κ1) is 15.4. The van der Waals surface area contributed by atoms with Crippen molar-refractivity contribution in [3.8, 4) is 10.6 Å². The number of rotatable bonds is 4. The van der Waals surface area contributed by atoms with Gasteiger partial charge < -0.3 is 5.32 Å². The Morgan fingerprint density at radius 2 is 1.92 bits per heavy atom. The van der Waals surface area contributed by atoms with E-state index in [2.05, 4.69) is 20.3 Å². The van der Waals surface area contributed by atoms with Gasteiger partial charge in [-0.3, -0.25) is 14.8 Å². The van der Waals surface area contributed by atoms with Gasteiger partial charge in [-0.2, -0.15) is 0 Å². The van der Waals surface area contributed by atoms with E-state index in [4.69, 9.17) is 0 Å². The molecule has 0 aliphatic carbocycles. The first-order valence-electron chi connectivity index (χ1n) is 7.78. The summed E-state index contributed by atoms with van der Waals surface area (Å²) >= 11 is 1.64. The normalized spacial score (nSPS) is 10.7. The van der Waals surface area contributed by atoms with Crippen LogP contribution in [0.15, 0.2) is 66.3 Å². The molecule has 0 radical (unpaired) electrons. The fourth-order valence-corrected chi connectivity index (χ4v) is 3.18. The van der Waals surface area contributed by atoms with Gasteiger partial charge in [0.25, 0.3) is 5.91 Å². The summed E-state index contributed by atoms with van der Waals surface area (Å²) < 4.78 is 0. The first-order chi connectivity index (χ1) is 12.3. The van der Waals surface area contributed by atoms with E-state index in [0.29, 0.717) is 17.8 Å². The zero-order valence-electron chi connectivity index (χ0n) is 13.2. The molecule has 5 nitrogen and oxygen atoms in total. The molecule has 122 valence electrons. The molecule has 1 N–H and O–H groups in total. The Bertz CT molecular complexity index is 1030. The fourth-order valence-electron chi connectivity index (χ4n) is 2.48. The lowest BCUT2D eigenvalue weighted by atomic mass is 10.2. The molecule has 0 aliphatic heterocycles. The second kappa shape index (κ2) is 6.78. The van der Waals surface area contributed by atoms with E-state index in [9.17, 15) is 4.79 Å². The standard InChI is InChI=1S/C19H14N4OS/c24-19(17-12-21-14-4-1-2-5-15(14)23-17)22-11-13-7-8-20-16(10-13)18-6-3-9-25-18/h1-10,12H,11H2,(H,22,24). The van der Waals surface area contributed by atoms with Crippen molar-refractivity contribution in [3.63, 3.8) is 0 Å². The van der Waals surface area contributed by atoms with Crippen LogP contribution in [-0.2, 0) is 6.54 Å². The quantitative estimate of drug-likeness (QED) is 0.612. The highest BCUT2D eigenvalue weighted by Crippen LogP contribution is 2.23. The molecule has 0 unspecified atom stereocenters. The fraction of sp³-hybridized carbons (Fsp3) is 0.0526. The topological polar surface area (TPSA) is 67.8 Å². The van der Waals surface area contributed by atoms with Crippen LogP contribution in [0.1, 0.15) is 16.1 Å². The first-order valence-corrected chi connectivity index (χ1v) is 8.66. The van der Waals surface area contributed by atoms with Crippen molar-refractivity contribution in [2.75, 3.05) is 0 Å². The summed E-state index contributed by atoms with van der Waals surface area (Å²) in [6.07, 6.45) is 3.26. The van der Waals surface area contributed by atoms with Crippen molar-refractivity contribution in [3.05, 3.63) is 77.6 Å². The Labute approximate surface area is 148 Å². The number of carbonyl (C=O) groups is 1. The zero-order chi connectivity index (χ0) is 17.1. The molecule has 1 aromatic carbocycles. The summed E-state index contributed by atoms with van der Waals surface area (Å²) in [7, 11) is 0. The average Bonchev–Trinajstić information content (AvgIpc) is 3.21. The molecule has 0 fully saturated rings. The van der Waals surface area contributed by atoms with Gasteiger partial charge in [0.05, 0.1) is 27.8 Å². The van der Waals surface area contributed by atoms with Crippen LogP contribution in [0.4, 0.5) is 0 Å². The van der Waals surface area contributed by atoms with E-state index in [1.165, 1.54) is 6.20 Å². The molecule has 0 atom stereocenters. The number of fused-ring (bicyclic) bond motifs is 1. The Morgan fingerprint density at radius 3 is 2.76 bits per heavy atom. The zero-order valence-corrected chi connectivity index (χ0v) is 14.0. The maximum atomic E-state index is 12.3. The average molecular weight is 346 g/mol. The smallest absolute Gasteiger partial charge is 0.271 e. The second-order valence-electron chi connectivity index (χ2n) is 5.45. The molecular formula is C19H14N4OS. The predicted octanol–water partition coefficient (Wildman–Crippen LogP) is 3.68. The molecule has 6 heteroatoms. The number of carbonyl (C=O) groups excluding carboxylic acids is 1. The molecule has 1 amide bonds. The highest BCUT2D eigenvalue weighted by molar-refractivity contribution is 7.13. The number of hydrogen-bond acceptors (Lipinski definition) is 5. The van der Waals surface area contributed by atoms with Gasteiger partial charge in [0.2, 0.25) is 0 Å². The maximum absolute atomic E-state index is 12.3. The molecule has 0 aliphatic rings. The van der Waals surface area contributed by atoms with Crippen LogP contribution >= 0.6 is 11.3 Å². The summed E-state index contributed by atoms with van der Waals surface area (Å²) in [6, 6.07) is 15.4. The van der Waals surface area contributed by atoms with E-state index in [-0.39, 0.29) is 5.91 Å². The van der Waals surface area contributed by atoms with E-state index >= 15 is 0 Å². The Balaban J connectivity index is 1.48. The molecule has 3 heterocycles. The van der Waals surface area contributed by atoms with Gasteiger partial charge in [0.15, 0.2) is 0 Å². The SMILES string of the molecule is O=C(NCc1ccnc(-c2cccs2)c1)c1cnc2ccccc2n1. The number of nitrogens with one attached hydrogen (secondary N) is 1. The summed E-state index contributed by atoms with van der Waals surface area (Å²) in [4.78, 5) is 26.5. The summed E-state index contributed by atoms with van der Waals surface area (Å²) in [5.41, 5.74) is 3.69. The van der Waals surface area contributed by atoms with Crippen LogP contribution in [-0.4, -0.2) is 20.9 Å². The predicted molar refractivity (Wildman–Crippen MR) is 98.3 cm³/mol. The third-order valence-electron chi connectivity index (χ3n) is 3.73. The molecule has 0 bridgehead atoms. The number of amides is 1. The van der Waals surface area contributed by atoms with E-state index in [1.54, 1.807) is 17.5 Å². The molecular weight excluding hydrogens is 332 g/mol. The van der Waals surface area contributed by atoms with Crippen molar-refractivity contribution in [1.82, 2.24) is 20.3 Å². The maximum Gasteiger partial charge on any atom is 0.271 e. The van der Waals surface area contributed by atoms with Gasteiger partial charge in [0, 0.05) is 12.7 Å². The van der Waals surface area contributed by atoms with E-state index in [0.717, 1.165) is 21.7 Å². The van der Waals surface area contributed by atoms with Gasteiger partial charge >= 0.3 is 0 Å². The molecule has 0 saturated heterocycles. The van der Waals surface area contributed by atoms with Crippen molar-refractivity contribution >= 4 is 28.3 Å². The van der Waals surface area contributed by atoms with E-state index < -0.39 is 0 Å². The highest BCUT2D eigenvalue weighted by atomic mass is 32.1. The lowest BCUT2D eigenvalue weighted by Crippen LogP contribution is -2.24. The number of hydrogen-bond donors (Lipinski definition) is 1. The molecule has 25 heavy (non-hydrogen) atoms. The summed E-state index contributed by atoms with van der Waals surface area (Å²) in [6.45, 7) is 0.411. The minimum Gasteiger partial charge on any atom is -0.347 e. The van der Waals surface area contributed by atoms with Gasteiger partial charge in [0.1, 0.15) is 5.69 Å². The minimum atomic E-state index is -0.243. The van der Waals surface area contributed by atoms with Gasteiger partial charge in [-0.25, -0.2) is 4.98 Å². The molecule has 3 aromatic heterocycles. The Kier molecular flexibility index (Phi) is 4.18. The van der Waals surface area contributed by atoms with Crippen molar-refractivity contribution < 1.29 is 4.79 Å². The van der Waals surface area contributed by atoms with Crippen molar-refractivity contribution in [2.45, 2.75) is 6.54 Å². The van der Waals surface area contributed by atoms with E-state index in [1.807, 2.05) is 53.9 Å². The summed E-state index contributed by atoms with van der Waals surface area (Å²) in [5, 5.41) is 4.90. The molecule has 4 aromatic rings. The van der Waals surface area contributed by atoms with Crippen molar-refractivity contribution in [1.29, 1.82) is 0 Å². The monoisotopic (exact) mass is 346 g/mol. The number of pyridine rings is 1. The lowest BCUT2D eigenvalue weighted by molar-refractivity contribution is 0.0946. The van der Waals surface area contributed by atoms with Crippen molar-refractivity contribution in [2.24, 2.45) is 0 Å². The number of aromatic nitrogens is 3. The largest absolute Gasteiger partial charge is 0.347 e. The third kappa shape index (κ3) is 3.39. The second-order valence-corrected chi connectivity index (χ2v) is 6.40. The van der Waals surface area contributed by atoms with Gasteiger partial charge in [-0.05, 0) is 41.3 Å².